The van der Waals surface area contributed by atoms with Crippen molar-refractivity contribution in [3.05, 3.63) is 71.8 Å². The first kappa shape index (κ1) is 16.9. The van der Waals surface area contributed by atoms with Gasteiger partial charge in [0.25, 0.3) is 0 Å². The summed E-state index contributed by atoms with van der Waals surface area (Å²) in [5, 5.41) is 0. The monoisotopic (exact) mass is 373 g/mol. The van der Waals surface area contributed by atoms with Gasteiger partial charge in [0.2, 0.25) is 11.8 Å². The zero-order valence-corrected chi connectivity index (χ0v) is 15.4. The number of esters is 1. The summed E-state index contributed by atoms with van der Waals surface area (Å²) >= 11 is 0. The van der Waals surface area contributed by atoms with Gasteiger partial charge in [-0.05, 0) is 49.4 Å². The summed E-state index contributed by atoms with van der Waals surface area (Å²) in [6.07, 6.45) is 5.00. The number of hydrogen-bond donors (Lipinski definition) is 0. The van der Waals surface area contributed by atoms with E-state index in [1.54, 1.807) is 36.4 Å². The number of para-hydroxylation sites is 2. The van der Waals surface area contributed by atoms with Crippen LogP contribution in [0.5, 0.6) is 5.75 Å². The van der Waals surface area contributed by atoms with Crippen LogP contribution in [-0.4, -0.2) is 17.8 Å². The van der Waals surface area contributed by atoms with E-state index in [0.717, 1.165) is 12.0 Å². The molecule has 5 heteroatoms. The maximum atomic E-state index is 13.1. The molecule has 0 unspecified atom stereocenters. The van der Waals surface area contributed by atoms with Crippen molar-refractivity contribution in [3.63, 3.8) is 0 Å². The second kappa shape index (κ2) is 6.16. The number of rotatable bonds is 3. The molecule has 1 heterocycles. The molecule has 0 N–H and O–H groups in total. The lowest BCUT2D eigenvalue weighted by atomic mass is 9.85. The Morgan fingerprint density at radius 1 is 0.929 bits per heavy atom. The minimum absolute atomic E-state index is 0.138. The molecule has 2 aromatic rings. The summed E-state index contributed by atoms with van der Waals surface area (Å²) in [6.45, 7) is 1.94. The zero-order valence-electron chi connectivity index (χ0n) is 15.4. The third-order valence-electron chi connectivity index (χ3n) is 6.07. The predicted octanol–water partition coefficient (Wildman–Crippen LogP) is 3.53. The Kier molecular flexibility index (Phi) is 3.72. The van der Waals surface area contributed by atoms with Crippen LogP contribution in [-0.2, 0) is 9.59 Å². The van der Waals surface area contributed by atoms with Crippen LogP contribution in [0.25, 0.3) is 0 Å². The van der Waals surface area contributed by atoms with Gasteiger partial charge in [0.05, 0.1) is 23.1 Å². The number of nitrogens with zero attached hydrogens (tertiary/aromatic N) is 1. The van der Waals surface area contributed by atoms with E-state index in [9.17, 15) is 14.4 Å². The van der Waals surface area contributed by atoms with Crippen molar-refractivity contribution in [1.29, 1.82) is 0 Å². The molecular weight excluding hydrogens is 354 g/mol. The highest BCUT2D eigenvalue weighted by molar-refractivity contribution is 6.23. The summed E-state index contributed by atoms with van der Waals surface area (Å²) in [5.74, 6) is -0.982. The predicted molar refractivity (Wildman–Crippen MR) is 103 cm³/mol. The van der Waals surface area contributed by atoms with Crippen molar-refractivity contribution >= 4 is 23.5 Å². The Morgan fingerprint density at radius 3 is 2.18 bits per heavy atom. The van der Waals surface area contributed by atoms with Gasteiger partial charge in [0.1, 0.15) is 0 Å². The molecule has 1 saturated carbocycles. The van der Waals surface area contributed by atoms with Gasteiger partial charge in [-0.3, -0.25) is 9.59 Å². The highest BCUT2D eigenvalue weighted by Gasteiger charge is 2.59. The number of hydrogen-bond acceptors (Lipinski definition) is 4. The van der Waals surface area contributed by atoms with Crippen molar-refractivity contribution in [2.24, 2.45) is 23.7 Å². The maximum absolute atomic E-state index is 13.1. The lowest BCUT2D eigenvalue weighted by Gasteiger charge is -2.20. The summed E-state index contributed by atoms with van der Waals surface area (Å²) in [5.41, 5.74) is 1.80. The van der Waals surface area contributed by atoms with Gasteiger partial charge in [-0.15, -0.1) is 0 Å². The van der Waals surface area contributed by atoms with E-state index in [4.69, 9.17) is 4.74 Å². The Bertz CT molecular complexity index is 993. The van der Waals surface area contributed by atoms with E-state index in [1.165, 1.54) is 4.90 Å². The molecule has 3 aliphatic rings. The minimum Gasteiger partial charge on any atom is -0.421 e. The molecule has 2 aromatic carbocycles. The van der Waals surface area contributed by atoms with E-state index in [1.807, 2.05) is 19.1 Å². The summed E-state index contributed by atoms with van der Waals surface area (Å²) in [4.78, 5) is 39.9. The van der Waals surface area contributed by atoms with Crippen LogP contribution < -0.4 is 9.64 Å². The summed E-state index contributed by atoms with van der Waals surface area (Å²) < 4.78 is 5.57. The lowest BCUT2D eigenvalue weighted by Crippen LogP contribution is -2.33. The fraction of sp³-hybridized carbons (Fsp3) is 0.261. The summed E-state index contributed by atoms with van der Waals surface area (Å²) in [6, 6.07) is 13.8. The second-order valence-corrected chi connectivity index (χ2v) is 7.74. The number of anilines is 1. The lowest BCUT2D eigenvalue weighted by molar-refractivity contribution is -0.123. The smallest absolute Gasteiger partial charge is 0.343 e. The number of ether oxygens (including phenoxy) is 1. The van der Waals surface area contributed by atoms with Gasteiger partial charge in [-0.2, -0.15) is 0 Å². The second-order valence-electron chi connectivity index (χ2n) is 7.74. The maximum Gasteiger partial charge on any atom is 0.343 e. The van der Waals surface area contributed by atoms with E-state index in [2.05, 4.69) is 12.2 Å². The van der Waals surface area contributed by atoms with Crippen LogP contribution in [0.1, 0.15) is 22.3 Å². The fourth-order valence-corrected chi connectivity index (χ4v) is 4.72. The number of carbonyl (C=O) groups excluding carboxylic acids is 3. The zero-order chi connectivity index (χ0) is 19.4. The number of imide groups is 1. The minimum atomic E-state index is -0.520. The Balaban J connectivity index is 1.46. The molecule has 2 fully saturated rings. The van der Waals surface area contributed by atoms with E-state index < -0.39 is 5.97 Å². The molecule has 0 spiro atoms. The molecule has 4 atom stereocenters. The first-order valence-corrected chi connectivity index (χ1v) is 9.48. The van der Waals surface area contributed by atoms with Crippen molar-refractivity contribution in [3.8, 4) is 5.75 Å². The van der Waals surface area contributed by atoms with Crippen molar-refractivity contribution < 1.29 is 19.1 Å². The van der Waals surface area contributed by atoms with Gasteiger partial charge in [0, 0.05) is 0 Å². The molecule has 5 rings (SSSR count). The molecule has 1 aliphatic heterocycles. The number of carbonyl (C=O) groups is 3. The molecule has 2 aliphatic carbocycles. The van der Waals surface area contributed by atoms with E-state index >= 15 is 0 Å². The topological polar surface area (TPSA) is 63.7 Å². The van der Waals surface area contributed by atoms with E-state index in [-0.39, 0.29) is 41.2 Å². The van der Waals surface area contributed by atoms with Crippen LogP contribution in [0.15, 0.2) is 60.7 Å². The van der Waals surface area contributed by atoms with Gasteiger partial charge in [-0.25, -0.2) is 9.69 Å². The standard InChI is InChI=1S/C23H19NO4/c1-13-6-8-14(9-7-13)23(27)28-18-5-3-2-4-17(18)24-21(25)19-15-10-11-16(12-15)20(19)22(24)26/h2-11,15-16,19-20H,12H2,1H3/t15-,16-,19+,20+/m1/s1. The third-order valence-corrected chi connectivity index (χ3v) is 6.07. The number of benzene rings is 2. The van der Waals surface area contributed by atoms with Gasteiger partial charge >= 0.3 is 5.97 Å². The first-order valence-electron chi connectivity index (χ1n) is 9.48. The van der Waals surface area contributed by atoms with E-state index in [0.29, 0.717) is 11.3 Å². The molecule has 5 nitrogen and oxygen atoms in total. The molecule has 0 aromatic heterocycles. The van der Waals surface area contributed by atoms with Crippen LogP contribution in [0.4, 0.5) is 5.69 Å². The molecule has 140 valence electrons. The average Bonchev–Trinajstić information content (AvgIpc) is 3.37. The molecule has 1 saturated heterocycles. The Labute approximate surface area is 162 Å². The fourth-order valence-electron chi connectivity index (χ4n) is 4.72. The van der Waals surface area contributed by atoms with Crippen molar-refractivity contribution in [1.82, 2.24) is 0 Å². The number of fused-ring (bicyclic) bond motifs is 5. The molecule has 28 heavy (non-hydrogen) atoms. The number of aryl methyl sites for hydroxylation is 1. The molecule has 2 bridgehead atoms. The normalized spacial score (nSPS) is 27.4. The van der Waals surface area contributed by atoms with Crippen LogP contribution >= 0.6 is 0 Å². The van der Waals surface area contributed by atoms with Crippen LogP contribution in [0, 0.1) is 30.6 Å². The largest absolute Gasteiger partial charge is 0.421 e. The summed E-state index contributed by atoms with van der Waals surface area (Å²) in [7, 11) is 0. The molecule has 2 amide bonds. The van der Waals surface area contributed by atoms with Gasteiger partial charge < -0.3 is 4.74 Å². The average molecular weight is 373 g/mol. The highest BCUT2D eigenvalue weighted by Crippen LogP contribution is 2.53. The van der Waals surface area contributed by atoms with Crippen LogP contribution in [0.2, 0.25) is 0 Å². The SMILES string of the molecule is Cc1ccc(C(=O)Oc2ccccc2N2C(=O)[C@@H]3[C@@H](C2=O)[C@@H]2C=C[C@@H]3C2)cc1. The molecule has 0 radical (unpaired) electrons. The Morgan fingerprint density at radius 2 is 1.54 bits per heavy atom. The third kappa shape index (κ3) is 2.43. The highest BCUT2D eigenvalue weighted by atomic mass is 16.5. The number of amides is 2. The van der Waals surface area contributed by atoms with Crippen molar-refractivity contribution in [2.45, 2.75) is 13.3 Å². The van der Waals surface area contributed by atoms with Gasteiger partial charge in [-0.1, -0.05) is 42.0 Å². The Hall–Kier alpha value is -3.21. The molecular formula is C23H19NO4. The number of allylic oxidation sites excluding steroid dienone is 2. The van der Waals surface area contributed by atoms with Gasteiger partial charge in [0.15, 0.2) is 5.75 Å². The first-order chi connectivity index (χ1) is 13.5. The quantitative estimate of drug-likeness (QED) is 0.357. The van der Waals surface area contributed by atoms with Crippen LogP contribution in [0.3, 0.4) is 0 Å². The van der Waals surface area contributed by atoms with Crippen molar-refractivity contribution in [2.75, 3.05) is 4.90 Å².